The van der Waals surface area contributed by atoms with E-state index in [4.69, 9.17) is 0 Å². The zero-order valence-electron chi connectivity index (χ0n) is 21.1. The number of benzene rings is 1. The van der Waals surface area contributed by atoms with E-state index in [-0.39, 0.29) is 15.7 Å². The molecule has 0 radical (unpaired) electrons. The van der Waals surface area contributed by atoms with Gasteiger partial charge in [-0.2, -0.15) is 18.4 Å². The van der Waals surface area contributed by atoms with Crippen LogP contribution in [-0.4, -0.2) is 52.3 Å². The Labute approximate surface area is 221 Å². The van der Waals surface area contributed by atoms with Gasteiger partial charge in [-0.25, -0.2) is 0 Å². The summed E-state index contributed by atoms with van der Waals surface area (Å²) in [5, 5.41) is 15.3. The summed E-state index contributed by atoms with van der Waals surface area (Å²) in [5.41, 5.74) is 0.906. The second-order valence-corrected chi connectivity index (χ2v) is 10.1. The summed E-state index contributed by atoms with van der Waals surface area (Å²) in [6, 6.07) is 10.1. The molecule has 3 heterocycles. The Kier molecular flexibility index (Phi) is 8.28. The van der Waals surface area contributed by atoms with Crippen molar-refractivity contribution in [3.05, 3.63) is 50.0 Å². The van der Waals surface area contributed by atoms with Gasteiger partial charge in [0, 0.05) is 54.7 Å². The van der Waals surface area contributed by atoms with Crippen molar-refractivity contribution in [3.8, 4) is 6.07 Å². The first-order valence-corrected chi connectivity index (χ1v) is 13.3. The molecular weight excluding hydrogens is 517 g/mol. The van der Waals surface area contributed by atoms with Gasteiger partial charge in [-0.3, -0.25) is 14.2 Å². The van der Waals surface area contributed by atoms with Crippen LogP contribution in [0.5, 0.6) is 0 Å². The number of thiazole rings is 1. The number of hydrogen-bond acceptors (Lipinski definition) is 6. The maximum absolute atomic E-state index is 12.9. The molecule has 38 heavy (non-hydrogen) atoms. The van der Waals surface area contributed by atoms with Gasteiger partial charge < -0.3 is 20.1 Å². The van der Waals surface area contributed by atoms with Crippen LogP contribution >= 0.6 is 11.3 Å². The zero-order valence-corrected chi connectivity index (χ0v) is 22.0. The van der Waals surface area contributed by atoms with Crippen LogP contribution in [0.15, 0.2) is 35.3 Å². The first-order valence-electron chi connectivity index (χ1n) is 12.4. The number of fused-ring (bicyclic) bond motifs is 1. The van der Waals surface area contributed by atoms with Crippen LogP contribution in [0.2, 0.25) is 0 Å². The van der Waals surface area contributed by atoms with E-state index in [1.165, 1.54) is 10.8 Å². The van der Waals surface area contributed by atoms with Crippen molar-refractivity contribution in [2.45, 2.75) is 45.5 Å². The molecule has 0 bridgehead atoms. The number of carbonyl (C=O) groups excluding carboxylic acids is 1. The molecule has 1 amide bonds. The van der Waals surface area contributed by atoms with Gasteiger partial charge in [0.2, 0.25) is 0 Å². The SMILES string of the molecule is CCN1CCC(n2ccc3cc(N/C=c4\s/c(=C(\C#N)C(=O)NCC(F)(F)F)n(CC)c4=O)ccc32)CC1. The Morgan fingerprint density at radius 1 is 1.21 bits per heavy atom. The molecule has 3 aromatic rings. The molecule has 1 aromatic carbocycles. The third-order valence-corrected chi connectivity index (χ3v) is 7.84. The molecule has 1 saturated heterocycles. The number of nitriles is 1. The summed E-state index contributed by atoms with van der Waals surface area (Å²) in [6.45, 7) is 5.66. The minimum absolute atomic E-state index is 0.00868. The molecular formula is C26H29F3N6O2S. The van der Waals surface area contributed by atoms with Gasteiger partial charge in [-0.15, -0.1) is 11.3 Å². The summed E-state index contributed by atoms with van der Waals surface area (Å²) >= 11 is 0.876. The van der Waals surface area contributed by atoms with Crippen molar-refractivity contribution >= 4 is 45.6 Å². The van der Waals surface area contributed by atoms with E-state index in [1.807, 2.05) is 18.2 Å². The molecule has 1 aliphatic heterocycles. The van der Waals surface area contributed by atoms with Crippen molar-refractivity contribution in [2.24, 2.45) is 0 Å². The van der Waals surface area contributed by atoms with E-state index in [0.717, 1.165) is 60.4 Å². The predicted molar refractivity (Wildman–Crippen MR) is 142 cm³/mol. The fourth-order valence-electron chi connectivity index (χ4n) is 4.69. The number of amides is 1. The number of likely N-dealkylation sites (tertiary alicyclic amines) is 1. The highest BCUT2D eigenvalue weighted by Crippen LogP contribution is 2.29. The van der Waals surface area contributed by atoms with Crippen molar-refractivity contribution in [3.63, 3.8) is 0 Å². The molecule has 202 valence electrons. The average molecular weight is 547 g/mol. The molecule has 0 aliphatic carbocycles. The van der Waals surface area contributed by atoms with E-state index in [0.29, 0.717) is 6.04 Å². The number of halogens is 3. The van der Waals surface area contributed by atoms with E-state index in [2.05, 4.69) is 34.0 Å². The normalized spacial score (nSPS) is 16.5. The number of hydrogen-bond donors (Lipinski definition) is 2. The van der Waals surface area contributed by atoms with Crippen LogP contribution in [-0.2, 0) is 11.3 Å². The molecule has 1 fully saturated rings. The maximum atomic E-state index is 12.9. The minimum atomic E-state index is -4.62. The minimum Gasteiger partial charge on any atom is -0.360 e. The lowest BCUT2D eigenvalue weighted by molar-refractivity contribution is -0.135. The first-order chi connectivity index (χ1) is 18.1. The molecule has 8 nitrogen and oxygen atoms in total. The van der Waals surface area contributed by atoms with Crippen LogP contribution in [0, 0.1) is 11.3 Å². The largest absolute Gasteiger partial charge is 0.405 e. The number of nitrogens with zero attached hydrogens (tertiary/aromatic N) is 4. The lowest BCUT2D eigenvalue weighted by Crippen LogP contribution is -2.37. The van der Waals surface area contributed by atoms with Crippen LogP contribution in [0.4, 0.5) is 18.9 Å². The average Bonchev–Trinajstić information content (AvgIpc) is 3.46. The lowest BCUT2D eigenvalue weighted by Gasteiger charge is -2.32. The highest BCUT2D eigenvalue weighted by molar-refractivity contribution is 7.07. The van der Waals surface area contributed by atoms with Crippen molar-refractivity contribution < 1.29 is 18.0 Å². The van der Waals surface area contributed by atoms with Gasteiger partial charge in [0.25, 0.3) is 11.5 Å². The summed E-state index contributed by atoms with van der Waals surface area (Å²) in [4.78, 5) is 27.6. The Morgan fingerprint density at radius 2 is 1.95 bits per heavy atom. The monoisotopic (exact) mass is 546 g/mol. The summed E-state index contributed by atoms with van der Waals surface area (Å²) in [5.74, 6) is -1.18. The third kappa shape index (κ3) is 5.95. The number of carbonyl (C=O) groups is 1. The molecule has 0 saturated carbocycles. The molecule has 0 atom stereocenters. The molecule has 0 unspecified atom stereocenters. The summed E-state index contributed by atoms with van der Waals surface area (Å²) in [7, 11) is 0. The smallest absolute Gasteiger partial charge is 0.360 e. The Bertz CT molecular complexity index is 1540. The number of anilines is 1. The number of aromatic nitrogens is 2. The highest BCUT2D eigenvalue weighted by atomic mass is 32.1. The van der Waals surface area contributed by atoms with E-state index >= 15 is 0 Å². The van der Waals surface area contributed by atoms with E-state index in [1.54, 1.807) is 18.3 Å². The third-order valence-electron chi connectivity index (χ3n) is 6.71. The second-order valence-electron chi connectivity index (χ2n) is 9.06. The fraction of sp³-hybridized carbons (Fsp3) is 0.423. The van der Waals surface area contributed by atoms with Crippen LogP contribution < -0.4 is 25.4 Å². The Hall–Kier alpha value is -3.56. The van der Waals surface area contributed by atoms with Crippen LogP contribution in [0.3, 0.4) is 0 Å². The van der Waals surface area contributed by atoms with Crippen molar-refractivity contribution in [2.75, 3.05) is 31.5 Å². The molecule has 2 N–H and O–H groups in total. The number of nitrogens with one attached hydrogen (secondary N) is 2. The van der Waals surface area contributed by atoms with Crippen LogP contribution in [0.25, 0.3) is 22.7 Å². The summed E-state index contributed by atoms with van der Waals surface area (Å²) in [6.07, 6.45) is 1.19. The van der Waals surface area contributed by atoms with Crippen molar-refractivity contribution in [1.82, 2.24) is 19.4 Å². The molecule has 1 aliphatic rings. The number of rotatable bonds is 7. The molecule has 12 heteroatoms. The standard InChI is InChI=1S/C26H29F3N6O2S/c1-3-33-10-8-19(9-11-33)35-12-7-17-13-18(5-6-21(17)35)31-15-22-24(37)34(4-2)25(38-22)20(14-30)23(36)32-16-26(27,28)29/h5-7,12-13,15,19,31H,3-4,8-11,16H2,1-2H3,(H,32,36)/b22-15-,25-20+. The van der Waals surface area contributed by atoms with Gasteiger partial charge in [-0.1, -0.05) is 6.92 Å². The van der Waals surface area contributed by atoms with Crippen LogP contribution in [0.1, 0.15) is 32.7 Å². The van der Waals surface area contributed by atoms with Gasteiger partial charge in [0.15, 0.2) is 5.57 Å². The van der Waals surface area contributed by atoms with Gasteiger partial charge in [-0.05, 0) is 50.6 Å². The van der Waals surface area contributed by atoms with E-state index in [9.17, 15) is 28.0 Å². The number of alkyl halides is 3. The van der Waals surface area contributed by atoms with Gasteiger partial charge >= 0.3 is 6.18 Å². The first kappa shape index (κ1) is 27.5. The molecule has 2 aromatic heterocycles. The molecule has 4 rings (SSSR count). The topological polar surface area (TPSA) is 95.1 Å². The van der Waals surface area contributed by atoms with Crippen molar-refractivity contribution in [1.29, 1.82) is 5.26 Å². The quantitative estimate of drug-likeness (QED) is 0.475. The predicted octanol–water partition coefficient (Wildman–Crippen LogP) is 2.74. The highest BCUT2D eigenvalue weighted by Gasteiger charge is 2.29. The Balaban J connectivity index is 1.60. The summed E-state index contributed by atoms with van der Waals surface area (Å²) < 4.78 is 41.3. The Morgan fingerprint density at radius 3 is 2.58 bits per heavy atom. The number of piperidine rings is 1. The van der Waals surface area contributed by atoms with Gasteiger partial charge in [0.1, 0.15) is 21.8 Å². The van der Waals surface area contributed by atoms with Gasteiger partial charge in [0.05, 0.1) is 0 Å². The zero-order chi connectivity index (χ0) is 27.4. The maximum Gasteiger partial charge on any atom is 0.405 e. The molecule has 0 spiro atoms. The fourth-order valence-corrected chi connectivity index (χ4v) is 5.78. The lowest BCUT2D eigenvalue weighted by atomic mass is 10.0. The second kappa shape index (κ2) is 11.4. The van der Waals surface area contributed by atoms with E-state index < -0.39 is 29.8 Å².